The van der Waals surface area contributed by atoms with Crippen molar-refractivity contribution in [3.8, 4) is 0 Å². The van der Waals surface area contributed by atoms with E-state index in [9.17, 15) is 4.79 Å². The van der Waals surface area contributed by atoms with Crippen molar-refractivity contribution in [3.05, 3.63) is 0 Å². The van der Waals surface area contributed by atoms with Gasteiger partial charge in [-0.2, -0.15) is 0 Å². The lowest BCUT2D eigenvalue weighted by atomic mass is 10.00. The van der Waals surface area contributed by atoms with Gasteiger partial charge in [-0.3, -0.25) is 4.79 Å². The quantitative estimate of drug-likeness (QED) is 0.758. The summed E-state index contributed by atoms with van der Waals surface area (Å²) in [6.45, 7) is 7.86. The van der Waals surface area contributed by atoms with Crippen molar-refractivity contribution in [1.82, 2.24) is 5.32 Å². The Morgan fingerprint density at radius 2 is 2.13 bits per heavy atom. The van der Waals surface area contributed by atoms with Gasteiger partial charge < -0.3 is 10.1 Å². The normalized spacial score (nSPS) is 25.9. The van der Waals surface area contributed by atoms with E-state index in [2.05, 4.69) is 19.2 Å². The zero-order valence-corrected chi connectivity index (χ0v) is 10.1. The molecule has 0 spiro atoms. The van der Waals surface area contributed by atoms with E-state index in [1.54, 1.807) is 0 Å². The van der Waals surface area contributed by atoms with E-state index in [1.807, 2.05) is 6.92 Å². The minimum Gasteiger partial charge on any atom is -0.378 e. The topological polar surface area (TPSA) is 38.3 Å². The molecule has 2 unspecified atom stereocenters. The van der Waals surface area contributed by atoms with Gasteiger partial charge in [0.15, 0.2) is 0 Å². The molecule has 0 aromatic carbocycles. The van der Waals surface area contributed by atoms with Crippen molar-refractivity contribution < 1.29 is 9.53 Å². The maximum absolute atomic E-state index is 11.8. The van der Waals surface area contributed by atoms with Crippen LogP contribution >= 0.6 is 0 Å². The summed E-state index contributed by atoms with van der Waals surface area (Å²) in [5, 5.41) is 3.04. The zero-order valence-electron chi connectivity index (χ0n) is 10.1. The summed E-state index contributed by atoms with van der Waals surface area (Å²) in [5.74, 6) is 0.859. The van der Waals surface area contributed by atoms with Crippen LogP contribution in [-0.4, -0.2) is 25.2 Å². The van der Waals surface area contributed by atoms with Gasteiger partial charge >= 0.3 is 0 Å². The molecule has 0 aliphatic carbocycles. The molecule has 2 atom stereocenters. The van der Waals surface area contributed by atoms with Crippen molar-refractivity contribution >= 4 is 5.91 Å². The van der Waals surface area contributed by atoms with Gasteiger partial charge in [0.1, 0.15) is 0 Å². The van der Waals surface area contributed by atoms with Gasteiger partial charge in [0, 0.05) is 13.2 Å². The highest BCUT2D eigenvalue weighted by Gasteiger charge is 2.30. The van der Waals surface area contributed by atoms with Crippen LogP contribution in [0.15, 0.2) is 0 Å². The van der Waals surface area contributed by atoms with Crippen LogP contribution in [0.25, 0.3) is 0 Å². The molecule has 1 aliphatic rings. The molecule has 0 aromatic heterocycles. The summed E-state index contributed by atoms with van der Waals surface area (Å²) in [6.07, 6.45) is 3.23. The van der Waals surface area contributed by atoms with E-state index in [1.165, 1.54) is 0 Å². The van der Waals surface area contributed by atoms with Gasteiger partial charge in [-0.15, -0.1) is 0 Å². The Labute approximate surface area is 92.6 Å². The van der Waals surface area contributed by atoms with Crippen molar-refractivity contribution in [2.45, 2.75) is 46.1 Å². The number of ether oxygens (including phenoxy) is 1. The first-order chi connectivity index (χ1) is 7.19. The first kappa shape index (κ1) is 12.5. The predicted molar refractivity (Wildman–Crippen MR) is 60.6 cm³/mol. The van der Waals surface area contributed by atoms with E-state index >= 15 is 0 Å². The predicted octanol–water partition coefficient (Wildman–Crippen LogP) is 1.96. The average Bonchev–Trinajstić information content (AvgIpc) is 2.66. The van der Waals surface area contributed by atoms with Crippen molar-refractivity contribution in [2.24, 2.45) is 11.8 Å². The van der Waals surface area contributed by atoms with Crippen LogP contribution in [0.4, 0.5) is 0 Å². The van der Waals surface area contributed by atoms with Crippen molar-refractivity contribution in [2.75, 3.05) is 13.2 Å². The monoisotopic (exact) mass is 213 g/mol. The number of rotatable bonds is 5. The fourth-order valence-electron chi connectivity index (χ4n) is 2.03. The molecule has 1 heterocycles. The third-order valence-corrected chi connectivity index (χ3v) is 3.43. The Kier molecular flexibility index (Phi) is 5.09. The summed E-state index contributed by atoms with van der Waals surface area (Å²) >= 11 is 0. The van der Waals surface area contributed by atoms with Gasteiger partial charge in [-0.05, 0) is 19.3 Å². The molecule has 0 bridgehead atoms. The molecular formula is C12H23NO2. The average molecular weight is 213 g/mol. The molecule has 88 valence electrons. The van der Waals surface area contributed by atoms with Crippen LogP contribution < -0.4 is 5.32 Å². The van der Waals surface area contributed by atoms with E-state index in [-0.39, 0.29) is 17.9 Å². The Balaban J connectivity index is 2.29. The van der Waals surface area contributed by atoms with Gasteiger partial charge in [0.25, 0.3) is 0 Å². The lowest BCUT2D eigenvalue weighted by Crippen LogP contribution is -2.36. The Bertz CT molecular complexity index is 202. The molecule has 1 fully saturated rings. The maximum Gasteiger partial charge on any atom is 0.225 e. The SMILES string of the molecule is CCC(CC)CNC(=O)C1CCOC1C. The first-order valence-electron chi connectivity index (χ1n) is 6.08. The second kappa shape index (κ2) is 6.11. The number of carbonyl (C=O) groups is 1. The van der Waals surface area contributed by atoms with Crippen molar-refractivity contribution in [1.29, 1.82) is 0 Å². The third-order valence-electron chi connectivity index (χ3n) is 3.43. The molecule has 15 heavy (non-hydrogen) atoms. The number of hydrogen-bond donors (Lipinski definition) is 1. The molecule has 3 nitrogen and oxygen atoms in total. The summed E-state index contributed by atoms with van der Waals surface area (Å²) in [4.78, 5) is 11.8. The molecule has 0 aromatic rings. The standard InChI is InChI=1S/C12H23NO2/c1-4-10(5-2)8-13-12(14)11-6-7-15-9(11)3/h9-11H,4-8H2,1-3H3,(H,13,14). The number of nitrogens with one attached hydrogen (secondary N) is 1. The highest BCUT2D eigenvalue weighted by molar-refractivity contribution is 5.79. The van der Waals surface area contributed by atoms with Crippen LogP contribution in [0.2, 0.25) is 0 Å². The van der Waals surface area contributed by atoms with E-state index < -0.39 is 0 Å². The Hall–Kier alpha value is -0.570. The van der Waals surface area contributed by atoms with Crippen LogP contribution in [0.1, 0.15) is 40.0 Å². The van der Waals surface area contributed by atoms with Gasteiger partial charge in [-0.25, -0.2) is 0 Å². The molecule has 1 saturated heterocycles. The molecule has 0 saturated carbocycles. The number of amides is 1. The molecule has 1 amide bonds. The molecule has 0 radical (unpaired) electrons. The maximum atomic E-state index is 11.8. The molecular weight excluding hydrogens is 190 g/mol. The molecule has 1 N–H and O–H groups in total. The Morgan fingerprint density at radius 3 is 2.60 bits per heavy atom. The molecule has 1 aliphatic heterocycles. The minimum atomic E-state index is 0.0689. The van der Waals surface area contributed by atoms with Gasteiger partial charge in [0.2, 0.25) is 5.91 Å². The first-order valence-corrected chi connectivity index (χ1v) is 6.08. The van der Waals surface area contributed by atoms with E-state index in [0.29, 0.717) is 5.92 Å². The van der Waals surface area contributed by atoms with Crippen LogP contribution in [0.5, 0.6) is 0 Å². The van der Waals surface area contributed by atoms with Crippen LogP contribution in [0.3, 0.4) is 0 Å². The zero-order chi connectivity index (χ0) is 11.3. The summed E-state index contributed by atoms with van der Waals surface area (Å²) in [5.41, 5.74) is 0. The summed E-state index contributed by atoms with van der Waals surface area (Å²) in [7, 11) is 0. The lowest BCUT2D eigenvalue weighted by Gasteiger charge is -2.17. The van der Waals surface area contributed by atoms with Gasteiger partial charge in [-0.1, -0.05) is 26.7 Å². The van der Waals surface area contributed by atoms with Crippen LogP contribution in [-0.2, 0) is 9.53 Å². The van der Waals surface area contributed by atoms with E-state index in [4.69, 9.17) is 4.74 Å². The largest absolute Gasteiger partial charge is 0.378 e. The fraction of sp³-hybridized carbons (Fsp3) is 0.917. The third kappa shape index (κ3) is 3.49. The second-order valence-corrected chi connectivity index (χ2v) is 4.40. The lowest BCUT2D eigenvalue weighted by molar-refractivity contribution is -0.126. The van der Waals surface area contributed by atoms with E-state index in [0.717, 1.165) is 32.4 Å². The number of carbonyl (C=O) groups excluding carboxylic acids is 1. The minimum absolute atomic E-state index is 0.0689. The smallest absolute Gasteiger partial charge is 0.225 e. The highest BCUT2D eigenvalue weighted by Crippen LogP contribution is 2.20. The fourth-order valence-corrected chi connectivity index (χ4v) is 2.03. The summed E-state index contributed by atoms with van der Waals surface area (Å²) in [6, 6.07) is 0. The van der Waals surface area contributed by atoms with Crippen molar-refractivity contribution in [3.63, 3.8) is 0 Å². The van der Waals surface area contributed by atoms with Gasteiger partial charge in [0.05, 0.1) is 12.0 Å². The van der Waals surface area contributed by atoms with Crippen LogP contribution in [0, 0.1) is 11.8 Å². The molecule has 1 rings (SSSR count). The Morgan fingerprint density at radius 1 is 1.47 bits per heavy atom. The number of hydrogen-bond acceptors (Lipinski definition) is 2. The molecule has 3 heteroatoms. The highest BCUT2D eigenvalue weighted by atomic mass is 16.5. The second-order valence-electron chi connectivity index (χ2n) is 4.40. The summed E-state index contributed by atoms with van der Waals surface area (Å²) < 4.78 is 5.39.